The van der Waals surface area contributed by atoms with Crippen LogP contribution in [0.15, 0.2) is 53.0 Å². The van der Waals surface area contributed by atoms with Crippen LogP contribution in [0.25, 0.3) is 5.57 Å². The van der Waals surface area contributed by atoms with Crippen LogP contribution in [0.5, 0.6) is 11.5 Å². The Kier molecular flexibility index (Phi) is 2.52. The van der Waals surface area contributed by atoms with E-state index < -0.39 is 0 Å². The number of benzene rings is 2. The normalized spacial score (nSPS) is 15.1. The lowest BCUT2D eigenvalue weighted by atomic mass is 9.94. The Morgan fingerprint density at radius 3 is 2.59 bits per heavy atom. The summed E-state index contributed by atoms with van der Waals surface area (Å²) < 4.78 is 6.97. The molecule has 0 saturated heterocycles. The van der Waals surface area contributed by atoms with Gasteiger partial charge >= 0.3 is 0 Å². The van der Waals surface area contributed by atoms with E-state index in [1.165, 1.54) is 5.57 Å². The monoisotopic (exact) mass is 286 g/mol. The Labute approximate surface area is 109 Å². The lowest BCUT2D eigenvalue weighted by Crippen LogP contribution is -2.01. The van der Waals surface area contributed by atoms with E-state index in [2.05, 4.69) is 41.1 Å². The second kappa shape index (κ2) is 4.04. The molecule has 17 heavy (non-hydrogen) atoms. The summed E-state index contributed by atoms with van der Waals surface area (Å²) in [4.78, 5) is 0. The molecule has 1 nitrogen and oxygen atoms in total. The van der Waals surface area contributed by atoms with Crippen LogP contribution in [-0.2, 0) is 0 Å². The first kappa shape index (κ1) is 10.6. The van der Waals surface area contributed by atoms with Gasteiger partial charge in [-0.2, -0.15) is 0 Å². The highest BCUT2D eigenvalue weighted by molar-refractivity contribution is 9.10. The molecule has 0 amide bonds. The molecular formula is C15H11BrO. The zero-order chi connectivity index (χ0) is 11.8. The minimum Gasteiger partial charge on any atom is -0.456 e. The molecule has 2 aromatic carbocycles. The van der Waals surface area contributed by atoms with Gasteiger partial charge in [-0.15, -0.1) is 0 Å². The fraction of sp³-hybridized carbons (Fsp3) is 0.0667. The third-order valence-corrected chi connectivity index (χ3v) is 3.41. The Balaban J connectivity index is 2.27. The zero-order valence-corrected chi connectivity index (χ0v) is 11.0. The molecule has 1 heterocycles. The predicted molar refractivity (Wildman–Crippen MR) is 73.4 cm³/mol. The molecule has 1 aliphatic rings. The molecule has 2 heteroatoms. The van der Waals surface area contributed by atoms with Crippen LogP contribution in [0.3, 0.4) is 0 Å². The molecule has 0 N–H and O–H groups in total. The van der Waals surface area contributed by atoms with E-state index in [1.54, 1.807) is 0 Å². The third kappa shape index (κ3) is 1.69. The fourth-order valence-corrected chi connectivity index (χ4v) is 2.52. The van der Waals surface area contributed by atoms with Crippen molar-refractivity contribution < 1.29 is 4.74 Å². The van der Waals surface area contributed by atoms with Crippen molar-refractivity contribution in [2.75, 3.05) is 0 Å². The first-order valence-corrected chi connectivity index (χ1v) is 6.32. The Morgan fingerprint density at radius 1 is 1.00 bits per heavy atom. The van der Waals surface area contributed by atoms with Gasteiger partial charge in [-0.05, 0) is 36.8 Å². The fourth-order valence-electron chi connectivity index (χ4n) is 2.15. The number of allylic oxidation sites excluding steroid dienone is 1. The van der Waals surface area contributed by atoms with Crippen LogP contribution >= 0.6 is 15.9 Å². The molecular weight excluding hydrogens is 276 g/mol. The number of para-hydroxylation sites is 1. The first-order chi connectivity index (χ1) is 8.29. The maximum absolute atomic E-state index is 5.90. The van der Waals surface area contributed by atoms with Crippen LogP contribution in [0, 0.1) is 0 Å². The van der Waals surface area contributed by atoms with Crippen molar-refractivity contribution in [3.8, 4) is 11.5 Å². The number of halogens is 1. The van der Waals surface area contributed by atoms with Crippen LogP contribution < -0.4 is 4.74 Å². The Morgan fingerprint density at radius 2 is 1.76 bits per heavy atom. The van der Waals surface area contributed by atoms with E-state index in [0.29, 0.717) is 0 Å². The summed E-state index contributed by atoms with van der Waals surface area (Å²) in [6.45, 7) is 2.06. The van der Waals surface area contributed by atoms with E-state index in [-0.39, 0.29) is 0 Å². The Hall–Kier alpha value is -1.54. The second-order valence-electron chi connectivity index (χ2n) is 3.94. The molecule has 0 fully saturated rings. The lowest BCUT2D eigenvalue weighted by molar-refractivity contribution is 0.474. The third-order valence-electron chi connectivity index (χ3n) is 2.92. The van der Waals surface area contributed by atoms with Crippen molar-refractivity contribution in [2.24, 2.45) is 0 Å². The van der Waals surface area contributed by atoms with Crippen molar-refractivity contribution in [1.29, 1.82) is 0 Å². The molecule has 2 aromatic rings. The largest absolute Gasteiger partial charge is 0.456 e. The van der Waals surface area contributed by atoms with Gasteiger partial charge in [0.05, 0.1) is 0 Å². The van der Waals surface area contributed by atoms with Gasteiger partial charge in [-0.1, -0.05) is 40.2 Å². The van der Waals surface area contributed by atoms with Gasteiger partial charge in [0, 0.05) is 15.6 Å². The molecule has 0 unspecified atom stereocenters. The first-order valence-electron chi connectivity index (χ1n) is 5.53. The van der Waals surface area contributed by atoms with Crippen LogP contribution in [0.4, 0.5) is 0 Å². The van der Waals surface area contributed by atoms with Crippen molar-refractivity contribution in [1.82, 2.24) is 0 Å². The number of hydrogen-bond donors (Lipinski definition) is 0. The van der Waals surface area contributed by atoms with Gasteiger partial charge in [0.15, 0.2) is 0 Å². The highest BCUT2D eigenvalue weighted by Crippen LogP contribution is 2.44. The van der Waals surface area contributed by atoms with Gasteiger partial charge in [0.1, 0.15) is 11.5 Å². The van der Waals surface area contributed by atoms with Crippen LogP contribution in [0.1, 0.15) is 18.1 Å². The molecule has 0 spiro atoms. The van der Waals surface area contributed by atoms with Gasteiger partial charge in [0.25, 0.3) is 0 Å². The summed E-state index contributed by atoms with van der Waals surface area (Å²) in [6, 6.07) is 14.2. The van der Waals surface area contributed by atoms with E-state index >= 15 is 0 Å². The molecule has 0 atom stereocenters. The summed E-state index contributed by atoms with van der Waals surface area (Å²) in [7, 11) is 0. The standard InChI is InChI=1S/C15H11BrO/c1-2-11-12-5-3-4-6-14(12)17-15-8-7-10(16)9-13(11)15/h2-9H,1H3/b11-2+. The number of hydrogen-bond acceptors (Lipinski definition) is 1. The van der Waals surface area contributed by atoms with Gasteiger partial charge in [-0.25, -0.2) is 0 Å². The molecule has 0 radical (unpaired) electrons. The average molecular weight is 287 g/mol. The van der Waals surface area contributed by atoms with Crippen molar-refractivity contribution in [2.45, 2.75) is 6.92 Å². The average Bonchev–Trinajstić information content (AvgIpc) is 2.36. The molecule has 1 aliphatic heterocycles. The highest BCUT2D eigenvalue weighted by Gasteiger charge is 2.20. The smallest absolute Gasteiger partial charge is 0.135 e. The van der Waals surface area contributed by atoms with Crippen molar-refractivity contribution >= 4 is 21.5 Å². The summed E-state index contributed by atoms with van der Waals surface area (Å²) in [5.41, 5.74) is 3.52. The van der Waals surface area contributed by atoms with E-state index in [0.717, 1.165) is 27.1 Å². The lowest BCUT2D eigenvalue weighted by Gasteiger charge is -2.22. The molecule has 84 valence electrons. The number of fused-ring (bicyclic) bond motifs is 2. The molecule has 0 saturated carbocycles. The number of rotatable bonds is 0. The molecule has 0 aromatic heterocycles. The van der Waals surface area contributed by atoms with Gasteiger partial charge < -0.3 is 4.74 Å². The van der Waals surface area contributed by atoms with Crippen LogP contribution in [0.2, 0.25) is 0 Å². The van der Waals surface area contributed by atoms with E-state index in [9.17, 15) is 0 Å². The quantitative estimate of drug-likeness (QED) is 0.565. The maximum Gasteiger partial charge on any atom is 0.135 e. The molecule has 0 bridgehead atoms. The number of ether oxygens (including phenoxy) is 1. The van der Waals surface area contributed by atoms with Gasteiger partial charge in [-0.3, -0.25) is 0 Å². The summed E-state index contributed by atoms with van der Waals surface area (Å²) in [6.07, 6.45) is 2.13. The van der Waals surface area contributed by atoms with Crippen LogP contribution in [-0.4, -0.2) is 0 Å². The van der Waals surface area contributed by atoms with E-state index in [4.69, 9.17) is 4.74 Å². The predicted octanol–water partition coefficient (Wildman–Crippen LogP) is 5.01. The van der Waals surface area contributed by atoms with Crippen molar-refractivity contribution in [3.05, 3.63) is 64.1 Å². The molecule has 3 rings (SSSR count). The maximum atomic E-state index is 5.90. The summed E-state index contributed by atoms with van der Waals surface area (Å²) >= 11 is 3.50. The topological polar surface area (TPSA) is 9.23 Å². The minimum atomic E-state index is 0.917. The summed E-state index contributed by atoms with van der Waals surface area (Å²) in [5.74, 6) is 1.84. The zero-order valence-electron chi connectivity index (χ0n) is 9.41. The Bertz CT molecular complexity index is 614. The second-order valence-corrected chi connectivity index (χ2v) is 4.86. The highest BCUT2D eigenvalue weighted by atomic mass is 79.9. The minimum absolute atomic E-state index is 0.917. The SMILES string of the molecule is C/C=C1\c2ccccc2Oc2ccc(Br)cc21. The molecule has 0 aliphatic carbocycles. The van der Waals surface area contributed by atoms with Crippen molar-refractivity contribution in [3.63, 3.8) is 0 Å². The van der Waals surface area contributed by atoms with Gasteiger partial charge in [0.2, 0.25) is 0 Å². The van der Waals surface area contributed by atoms with E-state index in [1.807, 2.05) is 30.3 Å². The summed E-state index contributed by atoms with van der Waals surface area (Å²) in [5, 5.41) is 0.